The molecule has 0 radical (unpaired) electrons. The van der Waals surface area contributed by atoms with Crippen LogP contribution in [-0.4, -0.2) is 12.6 Å². The summed E-state index contributed by atoms with van der Waals surface area (Å²) in [4.78, 5) is 11.4. The maximum atomic E-state index is 12.7. The molecule has 1 heterocycles. The van der Waals surface area contributed by atoms with Gasteiger partial charge >= 0.3 is 64.2 Å². The molecule has 0 aromatic heterocycles. The number of alkyl halides is 1. The summed E-state index contributed by atoms with van der Waals surface area (Å²) in [7, 11) is 0. The Bertz CT molecular complexity index is 406. The fraction of sp³-hybridized carbons (Fsp3) is 0.385. The van der Waals surface area contributed by atoms with E-state index in [1.807, 2.05) is 26.8 Å². The predicted molar refractivity (Wildman–Crippen MR) is 61.0 cm³/mol. The quantitative estimate of drug-likeness (QED) is 0.547. The van der Waals surface area contributed by atoms with Gasteiger partial charge in [-0.25, -0.2) is 9.18 Å². The SMILES string of the molecule is CC.[CH2-]C1(CF)OC(=O)c2cc(C)ccc21.[Rb+]. The molecule has 0 N–H and O–H groups in total. The number of hydrogen-bond acceptors (Lipinski definition) is 2. The number of carbonyl (C=O) groups is 1. The Balaban J connectivity index is 0.000000811. The molecule has 17 heavy (non-hydrogen) atoms. The molecule has 2 rings (SSSR count). The second-order valence-electron chi connectivity index (χ2n) is 3.57. The summed E-state index contributed by atoms with van der Waals surface area (Å²) in [6, 6.07) is 5.21. The zero-order valence-electron chi connectivity index (χ0n) is 10.8. The minimum Gasteiger partial charge on any atom is -0.481 e. The van der Waals surface area contributed by atoms with Crippen LogP contribution in [0, 0.1) is 13.8 Å². The van der Waals surface area contributed by atoms with Crippen LogP contribution in [0.1, 0.15) is 35.3 Å². The van der Waals surface area contributed by atoms with Crippen molar-refractivity contribution >= 4 is 5.97 Å². The number of ether oxygens (including phenoxy) is 1. The minimum absolute atomic E-state index is 0. The minimum atomic E-state index is -1.33. The van der Waals surface area contributed by atoms with Crippen LogP contribution in [0.15, 0.2) is 18.2 Å². The molecule has 0 spiro atoms. The van der Waals surface area contributed by atoms with Gasteiger partial charge in [0.1, 0.15) is 6.67 Å². The molecule has 0 fully saturated rings. The molecular formula is C13H16FO2Rb. The van der Waals surface area contributed by atoms with Crippen LogP contribution in [0.4, 0.5) is 4.39 Å². The molecule has 1 aromatic rings. The fourth-order valence-electron chi connectivity index (χ4n) is 1.61. The van der Waals surface area contributed by atoms with E-state index < -0.39 is 18.2 Å². The molecule has 1 atom stereocenters. The molecular weight excluding hydrogens is 293 g/mol. The molecule has 0 aliphatic carbocycles. The van der Waals surface area contributed by atoms with Gasteiger partial charge in [0, 0.05) is 5.60 Å². The Labute approximate surface area is 151 Å². The summed E-state index contributed by atoms with van der Waals surface area (Å²) in [6.07, 6.45) is 0. The number of hydrogen-bond donors (Lipinski definition) is 0. The van der Waals surface area contributed by atoms with Gasteiger partial charge in [-0.1, -0.05) is 31.5 Å². The van der Waals surface area contributed by atoms with Gasteiger partial charge in [0.15, 0.2) is 0 Å². The van der Waals surface area contributed by atoms with Crippen LogP contribution in [0.25, 0.3) is 0 Å². The van der Waals surface area contributed by atoms with E-state index >= 15 is 0 Å². The summed E-state index contributed by atoms with van der Waals surface area (Å²) >= 11 is 0. The fourth-order valence-corrected chi connectivity index (χ4v) is 1.61. The number of benzene rings is 1. The predicted octanol–water partition coefficient (Wildman–Crippen LogP) is 0.195. The van der Waals surface area contributed by atoms with Gasteiger partial charge in [0.2, 0.25) is 0 Å². The summed E-state index contributed by atoms with van der Waals surface area (Å²) in [5, 5.41) is 0. The number of fused-ring (bicyclic) bond motifs is 1. The Hall–Kier alpha value is 0.425. The number of esters is 1. The largest absolute Gasteiger partial charge is 1.00 e. The molecule has 0 amide bonds. The van der Waals surface area contributed by atoms with Gasteiger partial charge in [0.05, 0.1) is 5.56 Å². The van der Waals surface area contributed by atoms with Crippen molar-refractivity contribution in [1.82, 2.24) is 0 Å². The molecule has 4 heteroatoms. The summed E-state index contributed by atoms with van der Waals surface area (Å²) in [6.45, 7) is 8.66. The first-order chi connectivity index (χ1) is 7.57. The summed E-state index contributed by atoms with van der Waals surface area (Å²) in [5.41, 5.74) is 0.581. The third-order valence-corrected chi connectivity index (χ3v) is 2.39. The van der Waals surface area contributed by atoms with E-state index in [-0.39, 0.29) is 58.2 Å². The van der Waals surface area contributed by atoms with Crippen LogP contribution < -0.4 is 58.2 Å². The Kier molecular flexibility index (Phi) is 7.30. The Morgan fingerprint density at radius 1 is 1.41 bits per heavy atom. The average Bonchev–Trinajstić information content (AvgIpc) is 2.55. The zero-order valence-corrected chi connectivity index (χ0v) is 15.8. The van der Waals surface area contributed by atoms with Crippen LogP contribution in [-0.2, 0) is 10.3 Å². The number of aryl methyl sites for hydroxylation is 1. The van der Waals surface area contributed by atoms with Crippen molar-refractivity contribution in [1.29, 1.82) is 0 Å². The van der Waals surface area contributed by atoms with Crippen LogP contribution in [0.3, 0.4) is 0 Å². The van der Waals surface area contributed by atoms with Crippen LogP contribution in [0.5, 0.6) is 0 Å². The molecule has 1 unspecified atom stereocenters. The molecule has 1 aliphatic rings. The molecule has 1 aromatic carbocycles. The second-order valence-corrected chi connectivity index (χ2v) is 3.57. The Morgan fingerprint density at radius 2 is 2.00 bits per heavy atom. The van der Waals surface area contributed by atoms with E-state index in [0.717, 1.165) is 5.56 Å². The van der Waals surface area contributed by atoms with Gasteiger partial charge in [-0.05, 0) is 18.6 Å². The van der Waals surface area contributed by atoms with Gasteiger partial charge < -0.3 is 4.74 Å². The van der Waals surface area contributed by atoms with Crippen molar-refractivity contribution in [2.24, 2.45) is 0 Å². The van der Waals surface area contributed by atoms with E-state index in [4.69, 9.17) is 4.74 Å². The second kappa shape index (κ2) is 7.12. The number of cyclic esters (lactones) is 1. The van der Waals surface area contributed by atoms with Crippen molar-refractivity contribution in [3.8, 4) is 0 Å². The maximum Gasteiger partial charge on any atom is 1.00 e. The van der Waals surface area contributed by atoms with E-state index in [0.29, 0.717) is 11.1 Å². The molecule has 88 valence electrons. The third-order valence-electron chi connectivity index (χ3n) is 2.39. The van der Waals surface area contributed by atoms with Crippen molar-refractivity contribution in [3.63, 3.8) is 0 Å². The monoisotopic (exact) mass is 308 g/mol. The van der Waals surface area contributed by atoms with Crippen LogP contribution >= 0.6 is 0 Å². The van der Waals surface area contributed by atoms with Crippen LogP contribution in [0.2, 0.25) is 0 Å². The molecule has 1 aliphatic heterocycles. The number of rotatable bonds is 1. The first-order valence-electron chi connectivity index (χ1n) is 5.32. The molecule has 0 saturated heterocycles. The topological polar surface area (TPSA) is 26.3 Å². The molecule has 0 saturated carbocycles. The van der Waals surface area contributed by atoms with Gasteiger partial charge in [0.25, 0.3) is 0 Å². The smallest absolute Gasteiger partial charge is 0.481 e. The van der Waals surface area contributed by atoms with E-state index in [2.05, 4.69) is 6.92 Å². The standard InChI is InChI=1S/C11H10FO2.C2H6.Rb/c1-7-3-4-9-8(5-7)10(13)14-11(9,2)6-12;1-2;/h3-5H,2,6H2,1H3;1-2H3;/q-1;;+1. The van der Waals surface area contributed by atoms with Gasteiger partial charge in [-0.2, -0.15) is 0 Å². The van der Waals surface area contributed by atoms with E-state index in [1.54, 1.807) is 12.1 Å². The first kappa shape index (κ1) is 17.4. The molecule has 2 nitrogen and oxygen atoms in total. The Morgan fingerprint density at radius 3 is 2.53 bits per heavy atom. The van der Waals surface area contributed by atoms with E-state index in [9.17, 15) is 9.18 Å². The normalized spacial score (nSPS) is 20.6. The molecule has 0 bridgehead atoms. The number of carbonyl (C=O) groups excluding carboxylic acids is 1. The van der Waals surface area contributed by atoms with Crippen molar-refractivity contribution in [3.05, 3.63) is 41.8 Å². The number of halogens is 1. The van der Waals surface area contributed by atoms with Crippen molar-refractivity contribution in [2.45, 2.75) is 26.4 Å². The van der Waals surface area contributed by atoms with Crippen molar-refractivity contribution < 1.29 is 72.1 Å². The zero-order chi connectivity index (χ0) is 12.3. The first-order valence-corrected chi connectivity index (χ1v) is 5.32. The summed E-state index contributed by atoms with van der Waals surface area (Å²) in [5.74, 6) is -0.489. The average molecular weight is 309 g/mol. The van der Waals surface area contributed by atoms with Gasteiger partial charge in [-0.15, -0.1) is 0 Å². The van der Waals surface area contributed by atoms with Gasteiger partial charge in [-0.3, -0.25) is 6.92 Å². The third kappa shape index (κ3) is 3.46. The summed E-state index contributed by atoms with van der Waals surface area (Å²) < 4.78 is 17.6. The van der Waals surface area contributed by atoms with E-state index in [1.165, 1.54) is 0 Å². The van der Waals surface area contributed by atoms with Crippen molar-refractivity contribution in [2.75, 3.05) is 6.67 Å². The maximum absolute atomic E-state index is 12.7.